The molecule has 33 heavy (non-hydrogen) atoms. The number of carbonyl (C=O) groups is 4. The third-order valence-electron chi connectivity index (χ3n) is 5.25. The van der Waals surface area contributed by atoms with Gasteiger partial charge in [0.15, 0.2) is 0 Å². The van der Waals surface area contributed by atoms with Crippen LogP contribution in [0.2, 0.25) is 0 Å². The van der Waals surface area contributed by atoms with Crippen molar-refractivity contribution in [3.63, 3.8) is 0 Å². The third-order valence-corrected chi connectivity index (χ3v) is 5.61. The van der Waals surface area contributed by atoms with E-state index in [1.165, 1.54) is 19.1 Å². The molecule has 1 saturated heterocycles. The number of nitrogens with one attached hydrogen (secondary N) is 4. The lowest BCUT2D eigenvalue weighted by Gasteiger charge is -2.26. The van der Waals surface area contributed by atoms with Gasteiger partial charge in [-0.1, -0.05) is 12.1 Å². The zero-order valence-electron chi connectivity index (χ0n) is 18.2. The normalized spacial score (nSPS) is 19.1. The first-order chi connectivity index (χ1) is 15.6. The smallest absolute Gasteiger partial charge is 0.327 e. The Morgan fingerprint density at radius 1 is 1.09 bits per heavy atom. The summed E-state index contributed by atoms with van der Waals surface area (Å²) in [4.78, 5) is 49.4. The highest BCUT2D eigenvalue weighted by Gasteiger charge is 2.33. The standard InChI is InChI=1S/C21H30N4O7S/c1-11(26)17(20(30)24-16(10-33)21(31)32)25-19(29)15(9-12-4-6-13(27)7-5-12)23-18(28)14-3-2-8-22-14/h4-7,11,14-17,22,26-27,33H,2-3,8-10H2,1H3,(H,23,28)(H,24,30)(H,25,29)(H,31,32). The van der Waals surface area contributed by atoms with E-state index in [2.05, 4.69) is 33.9 Å². The van der Waals surface area contributed by atoms with Gasteiger partial charge in [-0.25, -0.2) is 4.79 Å². The number of rotatable bonds is 11. The SMILES string of the molecule is CC(O)C(NC(=O)C(Cc1ccc(O)cc1)NC(=O)C1CCCN1)C(=O)NC(CS)C(=O)O. The zero-order chi connectivity index (χ0) is 24.5. The third kappa shape index (κ3) is 7.91. The molecule has 0 aromatic heterocycles. The van der Waals surface area contributed by atoms with Crippen LogP contribution < -0.4 is 21.3 Å². The lowest BCUT2D eigenvalue weighted by atomic mass is 10.0. The second-order valence-corrected chi connectivity index (χ2v) is 8.25. The van der Waals surface area contributed by atoms with E-state index >= 15 is 0 Å². The average Bonchev–Trinajstić information content (AvgIpc) is 3.31. The largest absolute Gasteiger partial charge is 0.508 e. The summed E-state index contributed by atoms with van der Waals surface area (Å²) in [5, 5.41) is 39.0. The van der Waals surface area contributed by atoms with Crippen LogP contribution in [-0.4, -0.2) is 81.6 Å². The van der Waals surface area contributed by atoms with Crippen molar-refractivity contribution in [3.8, 4) is 5.75 Å². The molecule has 3 amide bonds. The van der Waals surface area contributed by atoms with E-state index in [0.717, 1.165) is 6.42 Å². The molecule has 0 bridgehead atoms. The number of amides is 3. The van der Waals surface area contributed by atoms with Crippen LogP contribution in [0.5, 0.6) is 5.75 Å². The van der Waals surface area contributed by atoms with Crippen LogP contribution in [0.1, 0.15) is 25.3 Å². The van der Waals surface area contributed by atoms with Gasteiger partial charge in [0.2, 0.25) is 17.7 Å². The van der Waals surface area contributed by atoms with E-state index in [1.807, 2.05) is 0 Å². The van der Waals surface area contributed by atoms with Crippen molar-refractivity contribution in [3.05, 3.63) is 29.8 Å². The summed E-state index contributed by atoms with van der Waals surface area (Å²) in [6.07, 6.45) is 0.170. The number of carboxylic acid groups (broad SMARTS) is 1. The van der Waals surface area contributed by atoms with E-state index in [0.29, 0.717) is 18.5 Å². The summed E-state index contributed by atoms with van der Waals surface area (Å²) in [5.41, 5.74) is 0.645. The van der Waals surface area contributed by atoms with E-state index in [9.17, 15) is 29.4 Å². The van der Waals surface area contributed by atoms with Crippen molar-refractivity contribution in [2.24, 2.45) is 0 Å². The minimum atomic E-state index is -1.46. The number of phenolic OH excluding ortho intramolecular Hbond substituents is 1. The number of phenols is 1. The Bertz CT molecular complexity index is 844. The van der Waals surface area contributed by atoms with Crippen LogP contribution in [-0.2, 0) is 25.6 Å². The fraction of sp³-hybridized carbons (Fsp3) is 0.524. The number of aliphatic hydroxyl groups excluding tert-OH is 1. The minimum Gasteiger partial charge on any atom is -0.508 e. The first kappa shape index (κ1) is 26.4. The Balaban J connectivity index is 2.17. The molecule has 0 saturated carbocycles. The van der Waals surface area contributed by atoms with Gasteiger partial charge in [-0.3, -0.25) is 14.4 Å². The molecular weight excluding hydrogens is 452 g/mol. The molecule has 182 valence electrons. The lowest BCUT2D eigenvalue weighted by molar-refractivity contribution is -0.142. The Morgan fingerprint density at radius 2 is 1.76 bits per heavy atom. The van der Waals surface area contributed by atoms with Crippen molar-refractivity contribution < 1.29 is 34.5 Å². The molecule has 1 heterocycles. The van der Waals surface area contributed by atoms with Crippen LogP contribution in [0.4, 0.5) is 0 Å². The molecule has 5 atom stereocenters. The summed E-state index contributed by atoms with van der Waals surface area (Å²) in [7, 11) is 0. The summed E-state index contributed by atoms with van der Waals surface area (Å²) in [6.45, 7) is 1.96. The molecule has 1 fully saturated rings. The number of hydrogen-bond acceptors (Lipinski definition) is 8. The number of hydrogen-bond donors (Lipinski definition) is 8. The topological polar surface area (TPSA) is 177 Å². The fourth-order valence-corrected chi connectivity index (χ4v) is 3.61. The van der Waals surface area contributed by atoms with Gasteiger partial charge in [-0.2, -0.15) is 12.6 Å². The van der Waals surface area contributed by atoms with Crippen molar-refractivity contribution in [1.82, 2.24) is 21.3 Å². The van der Waals surface area contributed by atoms with Gasteiger partial charge in [-0.05, 0) is 44.0 Å². The van der Waals surface area contributed by atoms with Crippen LogP contribution in [0, 0.1) is 0 Å². The van der Waals surface area contributed by atoms with Crippen LogP contribution >= 0.6 is 12.6 Å². The highest BCUT2D eigenvalue weighted by atomic mass is 32.1. The molecule has 2 rings (SSSR count). The van der Waals surface area contributed by atoms with Crippen molar-refractivity contribution in [2.75, 3.05) is 12.3 Å². The highest BCUT2D eigenvalue weighted by molar-refractivity contribution is 7.80. The van der Waals surface area contributed by atoms with Crippen molar-refractivity contribution >= 4 is 36.3 Å². The van der Waals surface area contributed by atoms with Gasteiger partial charge >= 0.3 is 5.97 Å². The number of thiol groups is 1. The summed E-state index contributed by atoms with van der Waals surface area (Å²) >= 11 is 3.88. The number of aromatic hydroxyl groups is 1. The maximum absolute atomic E-state index is 13.1. The number of carbonyl (C=O) groups excluding carboxylic acids is 3. The first-order valence-corrected chi connectivity index (χ1v) is 11.2. The minimum absolute atomic E-state index is 0.0435. The molecule has 0 aliphatic carbocycles. The number of carboxylic acids is 1. The Hall–Kier alpha value is -2.83. The second-order valence-electron chi connectivity index (χ2n) is 7.89. The monoisotopic (exact) mass is 482 g/mol. The van der Waals surface area contributed by atoms with Gasteiger partial charge in [0, 0.05) is 12.2 Å². The summed E-state index contributed by atoms with van der Waals surface area (Å²) in [6, 6.07) is 1.79. The molecule has 1 aromatic carbocycles. The molecule has 1 aliphatic heterocycles. The van der Waals surface area contributed by atoms with Crippen molar-refractivity contribution in [2.45, 2.75) is 56.5 Å². The lowest BCUT2D eigenvalue weighted by Crippen LogP contribution is -2.60. The summed E-state index contributed by atoms with van der Waals surface area (Å²) < 4.78 is 0. The van der Waals surface area contributed by atoms with Gasteiger partial charge in [0.1, 0.15) is 23.9 Å². The van der Waals surface area contributed by atoms with Gasteiger partial charge in [0.05, 0.1) is 12.1 Å². The number of aliphatic carboxylic acids is 1. The quantitative estimate of drug-likeness (QED) is 0.176. The maximum atomic E-state index is 13.1. The molecule has 5 unspecified atom stereocenters. The second kappa shape index (κ2) is 12.4. The molecule has 12 heteroatoms. The van der Waals surface area contributed by atoms with E-state index in [-0.39, 0.29) is 23.8 Å². The summed E-state index contributed by atoms with van der Waals surface area (Å²) in [5.74, 6) is -3.45. The van der Waals surface area contributed by atoms with E-state index < -0.39 is 48.1 Å². The van der Waals surface area contributed by atoms with Gasteiger partial charge in [-0.15, -0.1) is 0 Å². The van der Waals surface area contributed by atoms with Gasteiger partial charge < -0.3 is 36.6 Å². The Morgan fingerprint density at radius 3 is 2.27 bits per heavy atom. The predicted molar refractivity (Wildman–Crippen MR) is 122 cm³/mol. The van der Waals surface area contributed by atoms with E-state index in [1.54, 1.807) is 12.1 Å². The number of benzene rings is 1. The van der Waals surface area contributed by atoms with Crippen LogP contribution in [0.3, 0.4) is 0 Å². The van der Waals surface area contributed by atoms with Crippen molar-refractivity contribution in [1.29, 1.82) is 0 Å². The fourth-order valence-electron chi connectivity index (χ4n) is 3.36. The van der Waals surface area contributed by atoms with Gasteiger partial charge in [0.25, 0.3) is 0 Å². The first-order valence-electron chi connectivity index (χ1n) is 10.6. The predicted octanol–water partition coefficient (Wildman–Crippen LogP) is -1.46. The molecule has 1 aliphatic rings. The average molecular weight is 483 g/mol. The highest BCUT2D eigenvalue weighted by Crippen LogP contribution is 2.13. The molecular formula is C21H30N4O7S. The molecule has 0 radical (unpaired) electrons. The van der Waals surface area contributed by atoms with E-state index in [4.69, 9.17) is 5.11 Å². The molecule has 7 N–H and O–H groups in total. The van der Waals surface area contributed by atoms with Crippen LogP contribution in [0.25, 0.3) is 0 Å². The molecule has 0 spiro atoms. The Labute approximate surface area is 196 Å². The maximum Gasteiger partial charge on any atom is 0.327 e. The zero-order valence-corrected chi connectivity index (χ0v) is 19.0. The molecule has 1 aromatic rings. The molecule has 11 nitrogen and oxygen atoms in total. The Kier molecular flexibility index (Phi) is 9.95. The number of aliphatic hydroxyl groups is 1. The van der Waals surface area contributed by atoms with Crippen LogP contribution in [0.15, 0.2) is 24.3 Å².